The van der Waals surface area contributed by atoms with E-state index >= 15 is 0 Å². The predicted molar refractivity (Wildman–Crippen MR) is 63.9 cm³/mol. The molecule has 2 amide bonds. The highest BCUT2D eigenvalue weighted by molar-refractivity contribution is 5.87. The lowest BCUT2D eigenvalue weighted by Crippen LogP contribution is -2.45. The normalized spacial score (nSPS) is 10.2. The van der Waals surface area contributed by atoms with Crippen LogP contribution in [0.2, 0.25) is 0 Å². The topological polar surface area (TPSA) is 66.0 Å². The van der Waals surface area contributed by atoms with E-state index in [0.717, 1.165) is 12.8 Å². The van der Waals surface area contributed by atoms with E-state index < -0.39 is 0 Å². The first-order valence-corrected chi connectivity index (χ1v) is 5.49. The second-order valence-electron chi connectivity index (χ2n) is 3.45. The van der Waals surface area contributed by atoms with Crippen molar-refractivity contribution in [1.29, 1.82) is 0 Å². The van der Waals surface area contributed by atoms with Gasteiger partial charge in [-0.2, -0.15) is 0 Å². The Hall–Kier alpha value is -1.62. The molecule has 16 heavy (non-hydrogen) atoms. The summed E-state index contributed by atoms with van der Waals surface area (Å²) in [5.41, 5.74) is 5.54. The molecule has 0 fully saturated rings. The molecule has 0 unspecified atom stereocenters. The highest BCUT2D eigenvalue weighted by Crippen LogP contribution is 1.99. The third-order valence-corrected chi connectivity index (χ3v) is 2.28. The Morgan fingerprint density at radius 2 is 2.12 bits per heavy atom. The first-order valence-electron chi connectivity index (χ1n) is 5.49. The number of pyridine rings is 1. The van der Waals surface area contributed by atoms with Crippen LogP contribution >= 0.6 is 0 Å². The lowest BCUT2D eigenvalue weighted by molar-refractivity contribution is 0.244. The predicted octanol–water partition coefficient (Wildman–Crippen LogP) is 1.90. The second kappa shape index (κ2) is 6.79. The number of hydrogen-bond donors (Lipinski definition) is 3. The zero-order valence-electron chi connectivity index (χ0n) is 9.66. The highest BCUT2D eigenvalue weighted by atomic mass is 16.2. The fourth-order valence-electron chi connectivity index (χ4n) is 1.24. The van der Waals surface area contributed by atoms with Gasteiger partial charge in [0.25, 0.3) is 0 Å². The van der Waals surface area contributed by atoms with E-state index in [1.807, 2.05) is 6.07 Å². The Labute approximate surface area is 95.6 Å². The van der Waals surface area contributed by atoms with Crippen molar-refractivity contribution < 1.29 is 4.79 Å². The fraction of sp³-hybridized carbons (Fsp3) is 0.455. The monoisotopic (exact) mass is 222 g/mol. The molecular formula is C11H18N4O. The standard InChI is InChI=1S/C11H18N4O/c1-3-9(4-2)14-15-11(16)13-10-7-5-6-8-12-10/h5-9,14H,3-4H2,1-2H3,(H2,12,13,15,16). The molecule has 1 aromatic rings. The molecule has 1 rings (SSSR count). The van der Waals surface area contributed by atoms with Crippen molar-refractivity contribution in [1.82, 2.24) is 15.8 Å². The molecule has 0 bridgehead atoms. The molecule has 0 radical (unpaired) electrons. The summed E-state index contributed by atoms with van der Waals surface area (Å²) in [6, 6.07) is 5.35. The summed E-state index contributed by atoms with van der Waals surface area (Å²) >= 11 is 0. The molecule has 0 saturated carbocycles. The number of carbonyl (C=O) groups excluding carboxylic acids is 1. The first kappa shape index (κ1) is 12.4. The van der Waals surface area contributed by atoms with Gasteiger partial charge in [0, 0.05) is 12.2 Å². The average molecular weight is 222 g/mol. The van der Waals surface area contributed by atoms with Gasteiger partial charge in [0.2, 0.25) is 0 Å². The van der Waals surface area contributed by atoms with Crippen molar-refractivity contribution in [2.45, 2.75) is 32.7 Å². The van der Waals surface area contributed by atoms with Crippen molar-refractivity contribution in [3.8, 4) is 0 Å². The number of amides is 2. The Bertz CT molecular complexity index is 311. The van der Waals surface area contributed by atoms with Gasteiger partial charge in [0.15, 0.2) is 0 Å². The van der Waals surface area contributed by atoms with E-state index in [4.69, 9.17) is 0 Å². The van der Waals surface area contributed by atoms with Gasteiger partial charge < -0.3 is 0 Å². The van der Waals surface area contributed by atoms with Crippen LogP contribution in [0.15, 0.2) is 24.4 Å². The van der Waals surface area contributed by atoms with Gasteiger partial charge in [0.1, 0.15) is 5.82 Å². The van der Waals surface area contributed by atoms with Crippen molar-refractivity contribution in [3.63, 3.8) is 0 Å². The summed E-state index contributed by atoms with van der Waals surface area (Å²) in [6.45, 7) is 4.14. The molecule has 5 nitrogen and oxygen atoms in total. The third-order valence-electron chi connectivity index (χ3n) is 2.28. The summed E-state index contributed by atoms with van der Waals surface area (Å²) < 4.78 is 0. The molecule has 0 aromatic carbocycles. The van der Waals surface area contributed by atoms with Gasteiger partial charge in [0.05, 0.1) is 0 Å². The third kappa shape index (κ3) is 4.27. The number of urea groups is 1. The maximum atomic E-state index is 11.4. The van der Waals surface area contributed by atoms with Crippen LogP contribution in [-0.4, -0.2) is 17.1 Å². The Morgan fingerprint density at radius 1 is 1.38 bits per heavy atom. The number of aromatic nitrogens is 1. The lowest BCUT2D eigenvalue weighted by Gasteiger charge is -2.15. The molecule has 0 aliphatic carbocycles. The number of rotatable bonds is 5. The Morgan fingerprint density at radius 3 is 2.69 bits per heavy atom. The Kier molecular flexibility index (Phi) is 5.28. The number of nitrogens with one attached hydrogen (secondary N) is 3. The van der Waals surface area contributed by atoms with Crippen LogP contribution in [-0.2, 0) is 0 Å². The van der Waals surface area contributed by atoms with Gasteiger partial charge in [-0.3, -0.25) is 10.7 Å². The smallest absolute Gasteiger partial charge is 0.291 e. The van der Waals surface area contributed by atoms with Gasteiger partial charge in [-0.15, -0.1) is 0 Å². The quantitative estimate of drug-likeness (QED) is 0.666. The molecule has 88 valence electrons. The summed E-state index contributed by atoms with van der Waals surface area (Å²) in [5.74, 6) is 0.534. The molecule has 0 atom stereocenters. The summed E-state index contributed by atoms with van der Waals surface area (Å²) in [7, 11) is 0. The molecule has 5 heteroatoms. The molecule has 0 saturated heterocycles. The first-order chi connectivity index (χ1) is 7.76. The molecule has 1 aromatic heterocycles. The minimum absolute atomic E-state index is 0.300. The van der Waals surface area contributed by atoms with Crippen LogP contribution in [0.25, 0.3) is 0 Å². The number of hydrogen-bond acceptors (Lipinski definition) is 3. The molecule has 0 aliphatic rings. The van der Waals surface area contributed by atoms with E-state index in [-0.39, 0.29) is 6.03 Å². The Balaban J connectivity index is 2.31. The van der Waals surface area contributed by atoms with Crippen LogP contribution in [0.4, 0.5) is 10.6 Å². The van der Waals surface area contributed by atoms with Crippen LogP contribution < -0.4 is 16.2 Å². The van der Waals surface area contributed by atoms with Crippen LogP contribution in [0.5, 0.6) is 0 Å². The van der Waals surface area contributed by atoms with Gasteiger partial charge in [-0.05, 0) is 25.0 Å². The fourth-order valence-corrected chi connectivity index (χ4v) is 1.24. The largest absolute Gasteiger partial charge is 0.334 e. The van der Waals surface area contributed by atoms with Gasteiger partial charge in [-0.25, -0.2) is 15.2 Å². The minimum Gasteiger partial charge on any atom is -0.291 e. The van der Waals surface area contributed by atoms with E-state index in [1.54, 1.807) is 18.3 Å². The minimum atomic E-state index is -0.300. The number of hydrazine groups is 1. The van der Waals surface area contributed by atoms with Crippen molar-refractivity contribution in [2.75, 3.05) is 5.32 Å². The summed E-state index contributed by atoms with van der Waals surface area (Å²) in [6.07, 6.45) is 3.57. The van der Waals surface area contributed by atoms with Crippen LogP contribution in [0.3, 0.4) is 0 Å². The zero-order valence-corrected chi connectivity index (χ0v) is 9.66. The van der Waals surface area contributed by atoms with Crippen molar-refractivity contribution in [2.24, 2.45) is 0 Å². The van der Waals surface area contributed by atoms with E-state index in [1.165, 1.54) is 0 Å². The molecular weight excluding hydrogens is 204 g/mol. The van der Waals surface area contributed by atoms with E-state index in [0.29, 0.717) is 11.9 Å². The second-order valence-corrected chi connectivity index (χ2v) is 3.45. The molecule has 3 N–H and O–H groups in total. The maximum absolute atomic E-state index is 11.4. The summed E-state index contributed by atoms with van der Waals surface area (Å²) in [4.78, 5) is 15.4. The SMILES string of the molecule is CCC(CC)NNC(=O)Nc1ccccn1. The van der Waals surface area contributed by atoms with Crippen molar-refractivity contribution >= 4 is 11.8 Å². The van der Waals surface area contributed by atoms with Crippen molar-refractivity contribution in [3.05, 3.63) is 24.4 Å². The van der Waals surface area contributed by atoms with Gasteiger partial charge >= 0.3 is 6.03 Å². The van der Waals surface area contributed by atoms with Crippen LogP contribution in [0, 0.1) is 0 Å². The zero-order chi connectivity index (χ0) is 11.8. The molecule has 1 heterocycles. The maximum Gasteiger partial charge on any atom is 0.334 e. The van der Waals surface area contributed by atoms with Crippen LogP contribution in [0.1, 0.15) is 26.7 Å². The van der Waals surface area contributed by atoms with Gasteiger partial charge in [-0.1, -0.05) is 19.9 Å². The number of anilines is 1. The number of carbonyl (C=O) groups is 1. The molecule has 0 spiro atoms. The van der Waals surface area contributed by atoms with E-state index in [2.05, 4.69) is 35.0 Å². The molecule has 0 aliphatic heterocycles. The average Bonchev–Trinajstić information content (AvgIpc) is 2.31. The van der Waals surface area contributed by atoms with E-state index in [9.17, 15) is 4.79 Å². The lowest BCUT2D eigenvalue weighted by atomic mass is 10.2. The number of nitrogens with zero attached hydrogens (tertiary/aromatic N) is 1. The highest BCUT2D eigenvalue weighted by Gasteiger charge is 2.05. The summed E-state index contributed by atoms with van der Waals surface area (Å²) in [5, 5.41) is 2.62.